The van der Waals surface area contributed by atoms with E-state index in [4.69, 9.17) is 0 Å². The van der Waals surface area contributed by atoms with E-state index in [1.165, 1.54) is 0 Å². The van der Waals surface area contributed by atoms with Gasteiger partial charge in [-0.05, 0) is 33.0 Å². The first-order chi connectivity index (χ1) is 11.3. The zero-order chi connectivity index (χ0) is 17.9. The molecule has 0 spiro atoms. The first kappa shape index (κ1) is 17.6. The summed E-state index contributed by atoms with van der Waals surface area (Å²) < 4.78 is 4.62. The number of hydrogen-bond donors (Lipinski definition) is 1. The molecule has 24 heavy (non-hydrogen) atoms. The Kier molecular flexibility index (Phi) is 5.29. The lowest BCUT2D eigenvalue weighted by atomic mass is 10.0. The predicted octanol–water partition coefficient (Wildman–Crippen LogP) is 1.80. The van der Waals surface area contributed by atoms with Crippen molar-refractivity contribution in [3.05, 3.63) is 37.9 Å². The number of piperidine rings is 1. The summed E-state index contributed by atoms with van der Waals surface area (Å²) in [6, 6.07) is 1.78. The lowest BCUT2D eigenvalue weighted by molar-refractivity contribution is -0.393. The van der Waals surface area contributed by atoms with Crippen LogP contribution in [0, 0.1) is 20.2 Å². The molecule has 0 aliphatic carbocycles. The quantitative estimate of drug-likeness (QED) is 0.489. The number of methoxy groups -OCH3 is 1. The standard InChI is InChI=1S/C14H18N4O6/c1-16-5-3-9(4-6-16)15-13-11(14(19)24-2)7-10(17(20)21)8-12(13)18(22)23/h7-9,15H,3-6H2,1-2H3. The van der Waals surface area contributed by atoms with Crippen molar-refractivity contribution in [1.29, 1.82) is 0 Å². The van der Waals surface area contributed by atoms with E-state index in [1.807, 2.05) is 7.05 Å². The minimum absolute atomic E-state index is 0.0352. The summed E-state index contributed by atoms with van der Waals surface area (Å²) in [6.07, 6.45) is 1.48. The van der Waals surface area contributed by atoms with Crippen LogP contribution in [0.3, 0.4) is 0 Å². The minimum Gasteiger partial charge on any atom is -0.465 e. The van der Waals surface area contributed by atoms with Crippen molar-refractivity contribution in [1.82, 2.24) is 4.90 Å². The summed E-state index contributed by atoms with van der Waals surface area (Å²) in [5.74, 6) is -0.864. The van der Waals surface area contributed by atoms with Crippen molar-refractivity contribution in [2.24, 2.45) is 0 Å². The molecule has 1 aromatic rings. The number of non-ortho nitro benzene ring substituents is 1. The predicted molar refractivity (Wildman–Crippen MR) is 85.2 cm³/mol. The summed E-state index contributed by atoms with van der Waals surface area (Å²) in [7, 11) is 3.09. The number of esters is 1. The van der Waals surface area contributed by atoms with E-state index < -0.39 is 27.2 Å². The molecular formula is C14H18N4O6. The maximum atomic E-state index is 12.0. The molecule has 1 aliphatic heterocycles. The molecule has 1 aliphatic rings. The van der Waals surface area contributed by atoms with Crippen LogP contribution in [-0.2, 0) is 4.74 Å². The van der Waals surface area contributed by atoms with Gasteiger partial charge in [0.2, 0.25) is 0 Å². The Morgan fingerprint density at radius 2 is 1.88 bits per heavy atom. The molecule has 0 radical (unpaired) electrons. The number of nitrogens with one attached hydrogen (secondary N) is 1. The van der Waals surface area contributed by atoms with Crippen LogP contribution in [0.5, 0.6) is 0 Å². The van der Waals surface area contributed by atoms with E-state index >= 15 is 0 Å². The van der Waals surface area contributed by atoms with Crippen LogP contribution in [0.2, 0.25) is 0 Å². The second-order valence-electron chi connectivity index (χ2n) is 5.62. The van der Waals surface area contributed by atoms with E-state index in [9.17, 15) is 25.0 Å². The molecule has 2 rings (SSSR count). The second kappa shape index (κ2) is 7.21. The fourth-order valence-corrected chi connectivity index (χ4v) is 2.64. The second-order valence-corrected chi connectivity index (χ2v) is 5.62. The lowest BCUT2D eigenvalue weighted by Gasteiger charge is -2.30. The average molecular weight is 338 g/mol. The number of nitro benzene ring substituents is 2. The number of nitrogens with zero attached hydrogens (tertiary/aromatic N) is 3. The van der Waals surface area contributed by atoms with E-state index in [-0.39, 0.29) is 17.3 Å². The molecule has 1 N–H and O–H groups in total. The lowest BCUT2D eigenvalue weighted by Crippen LogP contribution is -2.37. The zero-order valence-electron chi connectivity index (χ0n) is 13.4. The number of rotatable bonds is 5. The fourth-order valence-electron chi connectivity index (χ4n) is 2.64. The summed E-state index contributed by atoms with van der Waals surface area (Å²) in [4.78, 5) is 34.9. The summed E-state index contributed by atoms with van der Waals surface area (Å²) in [5.41, 5.74) is -1.29. The van der Waals surface area contributed by atoms with Crippen LogP contribution in [0.25, 0.3) is 0 Å². The number of likely N-dealkylation sites (tertiary alicyclic amines) is 1. The topological polar surface area (TPSA) is 128 Å². The van der Waals surface area contributed by atoms with Gasteiger partial charge in [-0.1, -0.05) is 0 Å². The van der Waals surface area contributed by atoms with E-state index in [2.05, 4.69) is 15.0 Å². The molecule has 0 bridgehead atoms. The minimum atomic E-state index is -0.864. The molecule has 0 aromatic heterocycles. The fraction of sp³-hybridized carbons (Fsp3) is 0.500. The maximum absolute atomic E-state index is 12.0. The SMILES string of the molecule is COC(=O)c1cc([N+](=O)[O-])cc([N+](=O)[O-])c1NC1CCN(C)CC1. The first-order valence-corrected chi connectivity index (χ1v) is 7.33. The van der Waals surface area contributed by atoms with Gasteiger partial charge in [-0.2, -0.15) is 0 Å². The van der Waals surface area contributed by atoms with Crippen molar-refractivity contribution in [2.45, 2.75) is 18.9 Å². The summed E-state index contributed by atoms with van der Waals surface area (Å²) >= 11 is 0. The van der Waals surface area contributed by atoms with Crippen molar-refractivity contribution >= 4 is 23.0 Å². The van der Waals surface area contributed by atoms with Crippen molar-refractivity contribution < 1.29 is 19.4 Å². The number of ether oxygens (including phenoxy) is 1. The van der Waals surface area contributed by atoms with Crippen LogP contribution < -0.4 is 5.32 Å². The Morgan fingerprint density at radius 1 is 1.25 bits per heavy atom. The van der Waals surface area contributed by atoms with Gasteiger partial charge in [0.05, 0.1) is 28.6 Å². The number of carbonyl (C=O) groups is 1. The molecule has 0 unspecified atom stereocenters. The van der Waals surface area contributed by atoms with E-state index in [0.717, 1.165) is 45.2 Å². The van der Waals surface area contributed by atoms with Crippen molar-refractivity contribution in [3.8, 4) is 0 Å². The van der Waals surface area contributed by atoms with Gasteiger partial charge < -0.3 is 15.0 Å². The van der Waals surface area contributed by atoms with Gasteiger partial charge in [-0.25, -0.2) is 4.79 Å². The molecule has 0 saturated carbocycles. The van der Waals surface area contributed by atoms with Gasteiger partial charge in [0.15, 0.2) is 0 Å². The van der Waals surface area contributed by atoms with Gasteiger partial charge >= 0.3 is 5.97 Å². The average Bonchev–Trinajstić information content (AvgIpc) is 2.55. The molecule has 1 heterocycles. The highest BCUT2D eigenvalue weighted by atomic mass is 16.6. The Bertz CT molecular complexity index is 669. The Labute approximate surface area is 137 Å². The van der Waals surface area contributed by atoms with Gasteiger partial charge in [-0.3, -0.25) is 20.2 Å². The van der Waals surface area contributed by atoms with E-state index in [0.29, 0.717) is 0 Å². The first-order valence-electron chi connectivity index (χ1n) is 7.33. The van der Waals surface area contributed by atoms with Gasteiger partial charge in [0.25, 0.3) is 11.4 Å². The highest BCUT2D eigenvalue weighted by Gasteiger charge is 2.30. The van der Waals surface area contributed by atoms with Crippen LogP contribution in [0.4, 0.5) is 17.1 Å². The third-order valence-electron chi connectivity index (χ3n) is 3.98. The summed E-state index contributed by atoms with van der Waals surface area (Å²) in [5, 5.41) is 25.3. The largest absolute Gasteiger partial charge is 0.465 e. The Balaban J connectivity index is 2.47. The third-order valence-corrected chi connectivity index (χ3v) is 3.98. The molecule has 1 saturated heterocycles. The monoisotopic (exact) mass is 338 g/mol. The van der Waals surface area contributed by atoms with Crippen LogP contribution >= 0.6 is 0 Å². The smallest absolute Gasteiger partial charge is 0.340 e. The van der Waals surface area contributed by atoms with Crippen LogP contribution in [0.15, 0.2) is 12.1 Å². The summed E-state index contributed by atoms with van der Waals surface area (Å²) in [6.45, 7) is 1.62. The Morgan fingerprint density at radius 3 is 2.38 bits per heavy atom. The number of anilines is 1. The molecular weight excluding hydrogens is 320 g/mol. The number of carbonyl (C=O) groups excluding carboxylic acids is 1. The van der Waals surface area contributed by atoms with Gasteiger partial charge in [0, 0.05) is 12.1 Å². The van der Waals surface area contributed by atoms with Crippen LogP contribution in [-0.4, -0.2) is 54.0 Å². The molecule has 1 aromatic carbocycles. The van der Waals surface area contributed by atoms with Gasteiger partial charge in [0.1, 0.15) is 5.69 Å². The zero-order valence-corrected chi connectivity index (χ0v) is 13.4. The maximum Gasteiger partial charge on any atom is 0.340 e. The molecule has 1 fully saturated rings. The van der Waals surface area contributed by atoms with Gasteiger partial charge in [-0.15, -0.1) is 0 Å². The number of hydrogen-bond acceptors (Lipinski definition) is 8. The van der Waals surface area contributed by atoms with Crippen molar-refractivity contribution in [3.63, 3.8) is 0 Å². The molecule has 0 atom stereocenters. The Hall–Kier alpha value is -2.75. The molecule has 10 heteroatoms. The number of nitro groups is 2. The number of benzene rings is 1. The highest BCUT2D eigenvalue weighted by Crippen LogP contribution is 2.35. The normalized spacial score (nSPS) is 15.8. The molecule has 130 valence electrons. The van der Waals surface area contributed by atoms with E-state index in [1.54, 1.807) is 0 Å². The van der Waals surface area contributed by atoms with Crippen molar-refractivity contribution in [2.75, 3.05) is 32.6 Å². The van der Waals surface area contributed by atoms with Crippen LogP contribution in [0.1, 0.15) is 23.2 Å². The molecule has 10 nitrogen and oxygen atoms in total. The molecule has 0 amide bonds. The third kappa shape index (κ3) is 3.77. The highest BCUT2D eigenvalue weighted by molar-refractivity contribution is 5.99.